The van der Waals surface area contributed by atoms with E-state index in [2.05, 4.69) is 31.5 Å². The van der Waals surface area contributed by atoms with Crippen LogP contribution in [-0.4, -0.2) is 27.9 Å². The Morgan fingerprint density at radius 2 is 2.00 bits per heavy atom. The fraction of sp³-hybridized carbons (Fsp3) is 0.238. The number of fused-ring (bicyclic) bond motifs is 1. The predicted octanol–water partition coefficient (Wildman–Crippen LogP) is 3.98. The van der Waals surface area contributed by atoms with Crippen LogP contribution in [0.1, 0.15) is 30.1 Å². The summed E-state index contributed by atoms with van der Waals surface area (Å²) < 4.78 is 2.17. The second-order valence-corrected chi connectivity index (χ2v) is 8.00. The van der Waals surface area contributed by atoms with Crippen molar-refractivity contribution in [2.24, 2.45) is 0 Å². The molecule has 0 atom stereocenters. The highest BCUT2D eigenvalue weighted by Gasteiger charge is 2.14. The third-order valence-corrected chi connectivity index (χ3v) is 5.13. The number of amides is 2. The molecular weight excluding hydrogens is 472 g/mol. The van der Waals surface area contributed by atoms with Crippen LogP contribution in [0, 0.1) is 0 Å². The monoisotopic (exact) mass is 490 g/mol. The number of aryl methyl sites for hydroxylation is 1. The number of halogens is 2. The van der Waals surface area contributed by atoms with Crippen LogP contribution in [0.5, 0.6) is 0 Å². The van der Waals surface area contributed by atoms with Gasteiger partial charge in [0.25, 0.3) is 11.5 Å². The molecule has 2 amide bonds. The molecule has 1 aromatic heterocycles. The van der Waals surface area contributed by atoms with Gasteiger partial charge in [0.1, 0.15) is 0 Å². The van der Waals surface area contributed by atoms with E-state index in [9.17, 15) is 14.4 Å². The van der Waals surface area contributed by atoms with Crippen LogP contribution in [0.15, 0.2) is 52.0 Å². The summed E-state index contributed by atoms with van der Waals surface area (Å²) in [5.41, 5.74) is 1.02. The zero-order valence-electron chi connectivity index (χ0n) is 16.2. The Hall–Kier alpha value is -2.71. The number of carbonyl (C=O) groups excluding carboxylic acids is 2. The fourth-order valence-corrected chi connectivity index (χ4v) is 3.41. The van der Waals surface area contributed by atoms with Crippen LogP contribution in [0.25, 0.3) is 10.9 Å². The Labute approximate surface area is 186 Å². The highest BCUT2D eigenvalue weighted by Crippen LogP contribution is 2.21. The summed E-state index contributed by atoms with van der Waals surface area (Å²) in [6.45, 7) is 2.63. The molecule has 0 radical (unpaired) electrons. The smallest absolute Gasteiger partial charge is 0.261 e. The van der Waals surface area contributed by atoms with Crippen LogP contribution in [0.2, 0.25) is 5.02 Å². The number of hydrogen-bond acceptors (Lipinski definition) is 4. The molecule has 9 heteroatoms. The Kier molecular flexibility index (Phi) is 7.23. The number of carbonyl (C=O) groups is 2. The van der Waals surface area contributed by atoms with Crippen LogP contribution in [0.4, 0.5) is 5.69 Å². The van der Waals surface area contributed by atoms with Gasteiger partial charge in [0.15, 0.2) is 0 Å². The number of anilines is 1. The summed E-state index contributed by atoms with van der Waals surface area (Å²) in [6.07, 6.45) is 2.25. The van der Waals surface area contributed by atoms with Crippen LogP contribution in [0.3, 0.4) is 0 Å². The van der Waals surface area contributed by atoms with E-state index in [1.54, 1.807) is 24.3 Å². The van der Waals surface area contributed by atoms with Gasteiger partial charge < -0.3 is 10.6 Å². The Balaban J connectivity index is 1.73. The summed E-state index contributed by atoms with van der Waals surface area (Å²) >= 11 is 9.38. The lowest BCUT2D eigenvalue weighted by molar-refractivity contribution is -0.116. The van der Waals surface area contributed by atoms with Gasteiger partial charge in [-0.25, -0.2) is 4.98 Å². The van der Waals surface area contributed by atoms with E-state index in [1.165, 1.54) is 17.0 Å². The summed E-state index contributed by atoms with van der Waals surface area (Å²) in [6, 6.07) is 9.96. The molecule has 0 fully saturated rings. The summed E-state index contributed by atoms with van der Waals surface area (Å²) in [7, 11) is 0. The predicted molar refractivity (Wildman–Crippen MR) is 121 cm³/mol. The minimum absolute atomic E-state index is 0.0314. The van der Waals surface area contributed by atoms with Crippen molar-refractivity contribution in [1.82, 2.24) is 14.9 Å². The second-order valence-electron chi connectivity index (χ2n) is 6.65. The first-order valence-electron chi connectivity index (χ1n) is 9.41. The Morgan fingerprint density at radius 3 is 2.77 bits per heavy atom. The first-order valence-corrected chi connectivity index (χ1v) is 10.6. The van der Waals surface area contributed by atoms with E-state index in [0.29, 0.717) is 33.7 Å². The van der Waals surface area contributed by atoms with Crippen molar-refractivity contribution in [1.29, 1.82) is 0 Å². The van der Waals surface area contributed by atoms with Gasteiger partial charge in [-0.1, -0.05) is 34.5 Å². The molecule has 0 aliphatic heterocycles. The minimum atomic E-state index is -0.344. The molecule has 0 saturated heterocycles. The van der Waals surface area contributed by atoms with Crippen molar-refractivity contribution in [2.75, 3.05) is 11.9 Å². The maximum Gasteiger partial charge on any atom is 0.261 e. The molecule has 0 spiro atoms. The first kappa shape index (κ1) is 22.0. The second kappa shape index (κ2) is 9.86. The molecule has 2 aromatic carbocycles. The summed E-state index contributed by atoms with van der Waals surface area (Å²) in [5.74, 6) is -0.632. The van der Waals surface area contributed by atoms with Crippen molar-refractivity contribution in [2.45, 2.75) is 26.3 Å². The van der Waals surface area contributed by atoms with Crippen molar-refractivity contribution in [3.63, 3.8) is 0 Å². The topological polar surface area (TPSA) is 93.1 Å². The normalized spacial score (nSPS) is 10.8. The van der Waals surface area contributed by atoms with Gasteiger partial charge in [0.05, 0.1) is 28.5 Å². The average Bonchev–Trinajstić information content (AvgIpc) is 2.72. The SMILES string of the molecule is CCCNC(=O)c1ccc(Cl)cc1NC(=O)CCn1cnc2ccc(Br)cc2c1=O. The zero-order chi connectivity index (χ0) is 21.7. The van der Waals surface area contributed by atoms with E-state index in [0.717, 1.165) is 10.9 Å². The number of aromatic nitrogens is 2. The molecule has 0 unspecified atom stereocenters. The van der Waals surface area contributed by atoms with Crippen molar-refractivity contribution >= 4 is 55.9 Å². The third kappa shape index (κ3) is 5.25. The molecule has 0 aliphatic rings. The number of nitrogens with one attached hydrogen (secondary N) is 2. The maximum absolute atomic E-state index is 12.6. The molecule has 0 aliphatic carbocycles. The van der Waals surface area contributed by atoms with E-state index in [1.807, 2.05) is 13.0 Å². The molecule has 3 aromatic rings. The number of hydrogen-bond donors (Lipinski definition) is 2. The van der Waals surface area contributed by atoms with Gasteiger partial charge >= 0.3 is 0 Å². The molecule has 30 heavy (non-hydrogen) atoms. The molecule has 156 valence electrons. The summed E-state index contributed by atoms with van der Waals surface area (Å²) in [5, 5.41) is 6.37. The molecule has 2 N–H and O–H groups in total. The standard InChI is InChI=1S/C21H20BrClN4O3/c1-2-8-24-20(29)15-5-4-14(23)11-18(15)26-19(28)7-9-27-12-25-17-6-3-13(22)10-16(17)21(27)30/h3-6,10-12H,2,7-9H2,1H3,(H,24,29)(H,26,28). The highest BCUT2D eigenvalue weighted by molar-refractivity contribution is 9.10. The summed E-state index contributed by atoms with van der Waals surface area (Å²) in [4.78, 5) is 41.7. The first-order chi connectivity index (χ1) is 14.4. The quantitative estimate of drug-likeness (QED) is 0.523. The number of rotatable bonds is 7. The molecular formula is C21H20BrClN4O3. The van der Waals surface area contributed by atoms with Crippen LogP contribution in [-0.2, 0) is 11.3 Å². The largest absolute Gasteiger partial charge is 0.352 e. The van der Waals surface area contributed by atoms with Crippen LogP contribution >= 0.6 is 27.5 Å². The molecule has 0 saturated carbocycles. The Bertz CT molecular complexity index is 1160. The van der Waals surface area contributed by atoms with Crippen molar-refractivity contribution in [3.05, 3.63) is 68.1 Å². The lowest BCUT2D eigenvalue weighted by Gasteiger charge is -2.12. The molecule has 3 rings (SSSR count). The molecule has 0 bridgehead atoms. The van der Waals surface area contributed by atoms with Gasteiger partial charge in [-0.15, -0.1) is 0 Å². The third-order valence-electron chi connectivity index (χ3n) is 4.40. The van der Waals surface area contributed by atoms with Gasteiger partial charge in [0.2, 0.25) is 5.91 Å². The number of benzene rings is 2. The van der Waals surface area contributed by atoms with Gasteiger partial charge in [-0.3, -0.25) is 19.0 Å². The van der Waals surface area contributed by atoms with Crippen molar-refractivity contribution < 1.29 is 9.59 Å². The highest BCUT2D eigenvalue weighted by atomic mass is 79.9. The lowest BCUT2D eigenvalue weighted by atomic mass is 10.1. The van der Waals surface area contributed by atoms with E-state index in [4.69, 9.17) is 11.6 Å². The Morgan fingerprint density at radius 1 is 1.20 bits per heavy atom. The average molecular weight is 492 g/mol. The molecule has 1 heterocycles. The minimum Gasteiger partial charge on any atom is -0.352 e. The fourth-order valence-electron chi connectivity index (χ4n) is 2.88. The van der Waals surface area contributed by atoms with Gasteiger partial charge in [-0.05, 0) is 42.8 Å². The number of nitrogens with zero attached hydrogens (tertiary/aromatic N) is 2. The van der Waals surface area contributed by atoms with Gasteiger partial charge in [0, 0.05) is 29.0 Å². The van der Waals surface area contributed by atoms with E-state index >= 15 is 0 Å². The van der Waals surface area contributed by atoms with Crippen molar-refractivity contribution in [3.8, 4) is 0 Å². The van der Waals surface area contributed by atoms with Crippen LogP contribution < -0.4 is 16.2 Å². The van der Waals surface area contributed by atoms with E-state index in [-0.39, 0.29) is 30.3 Å². The zero-order valence-corrected chi connectivity index (χ0v) is 18.6. The lowest BCUT2D eigenvalue weighted by Crippen LogP contribution is -2.26. The molecule has 7 nitrogen and oxygen atoms in total. The van der Waals surface area contributed by atoms with E-state index < -0.39 is 0 Å². The van der Waals surface area contributed by atoms with Gasteiger partial charge in [-0.2, -0.15) is 0 Å². The maximum atomic E-state index is 12.6.